The van der Waals surface area contributed by atoms with E-state index in [2.05, 4.69) is 15.3 Å². The molecule has 1 aromatic carbocycles. The first-order valence-corrected chi connectivity index (χ1v) is 9.54. The van der Waals surface area contributed by atoms with Crippen molar-refractivity contribution in [3.8, 4) is 0 Å². The number of nitrogens with one attached hydrogen (secondary N) is 1. The van der Waals surface area contributed by atoms with Crippen molar-refractivity contribution in [1.29, 1.82) is 0 Å². The van der Waals surface area contributed by atoms with Crippen molar-refractivity contribution < 1.29 is 9.18 Å². The molecule has 2 atom stereocenters. The summed E-state index contributed by atoms with van der Waals surface area (Å²) in [6, 6.07) is 8.00. The highest BCUT2D eigenvalue weighted by Crippen LogP contribution is 2.38. The van der Waals surface area contributed by atoms with Crippen LogP contribution in [0.3, 0.4) is 0 Å². The van der Waals surface area contributed by atoms with Crippen LogP contribution in [0.15, 0.2) is 45.4 Å². The number of carbonyl (C=O) groups is 1. The van der Waals surface area contributed by atoms with E-state index in [-0.39, 0.29) is 12.3 Å². The number of rotatable bonds is 5. The third-order valence-electron chi connectivity index (χ3n) is 5.37. The second-order valence-electron chi connectivity index (χ2n) is 7.19. The Bertz CT molecular complexity index is 806. The van der Waals surface area contributed by atoms with Crippen molar-refractivity contribution in [3.05, 3.63) is 46.5 Å². The lowest BCUT2D eigenvalue weighted by molar-refractivity contribution is -0.122. The molecule has 1 amide bonds. The highest BCUT2D eigenvalue weighted by molar-refractivity contribution is 6.20. The molecular formula is C22H30FN3O. The molecule has 5 heteroatoms. The number of halogens is 1. The molecule has 0 aromatic heterocycles. The van der Waals surface area contributed by atoms with Gasteiger partial charge in [-0.3, -0.25) is 14.8 Å². The average Bonchev–Trinajstić information content (AvgIpc) is 2.63. The molecule has 1 unspecified atom stereocenters. The minimum atomic E-state index is -1.51. The molecule has 1 aromatic rings. The average molecular weight is 372 g/mol. The number of aliphatic imine (C=N–C) groups is 2. The lowest BCUT2D eigenvalue weighted by atomic mass is 9.75. The SMILES string of the molecule is CCN=C1NC(=O)C[C@@H](C(C)(F)CC)/C1=C(/C)C(=NC)c1ccccc1C. The summed E-state index contributed by atoms with van der Waals surface area (Å²) in [5.41, 5.74) is 3.02. The Morgan fingerprint density at radius 2 is 2.00 bits per heavy atom. The molecule has 1 heterocycles. The second-order valence-corrected chi connectivity index (χ2v) is 7.19. The van der Waals surface area contributed by atoms with Crippen LogP contribution in [-0.4, -0.2) is 36.7 Å². The quantitative estimate of drug-likeness (QED) is 0.765. The molecule has 1 fully saturated rings. The Labute approximate surface area is 161 Å². The number of benzene rings is 1. The maximum absolute atomic E-state index is 15.4. The molecule has 1 N–H and O–H groups in total. The first-order chi connectivity index (χ1) is 12.8. The Morgan fingerprint density at radius 1 is 1.33 bits per heavy atom. The first-order valence-electron chi connectivity index (χ1n) is 9.54. The Kier molecular flexibility index (Phi) is 6.68. The number of aryl methyl sites for hydroxylation is 1. The number of alkyl halides is 1. The molecule has 0 spiro atoms. The monoisotopic (exact) mass is 371 g/mol. The highest BCUT2D eigenvalue weighted by Gasteiger charge is 2.43. The summed E-state index contributed by atoms with van der Waals surface area (Å²) >= 11 is 0. The van der Waals surface area contributed by atoms with E-state index in [0.29, 0.717) is 18.8 Å². The van der Waals surface area contributed by atoms with Gasteiger partial charge in [-0.05, 0) is 45.3 Å². The summed E-state index contributed by atoms with van der Waals surface area (Å²) in [4.78, 5) is 21.2. The van der Waals surface area contributed by atoms with Gasteiger partial charge in [0.15, 0.2) is 0 Å². The van der Waals surface area contributed by atoms with E-state index >= 15 is 4.39 Å². The van der Waals surface area contributed by atoms with Gasteiger partial charge >= 0.3 is 0 Å². The highest BCUT2D eigenvalue weighted by atomic mass is 19.1. The van der Waals surface area contributed by atoms with Gasteiger partial charge in [-0.25, -0.2) is 4.39 Å². The number of amidine groups is 1. The maximum Gasteiger partial charge on any atom is 0.226 e. The standard InChI is InChI=1S/C22H30FN3O/c1-7-22(5,23)17-13-18(27)26-21(25-8-2)19(17)15(4)20(24-6)16-12-10-9-11-14(16)3/h9-12,17H,7-8,13H2,1-6H3,(H,25,26,27)/b19-15+,24-20?/t17-,22?/m1/s1. The van der Waals surface area contributed by atoms with Gasteiger partial charge in [-0.1, -0.05) is 31.2 Å². The molecule has 0 saturated carbocycles. The van der Waals surface area contributed by atoms with Crippen molar-refractivity contribution in [2.45, 2.75) is 53.1 Å². The van der Waals surface area contributed by atoms with E-state index in [9.17, 15) is 4.79 Å². The molecule has 2 rings (SSSR count). The fourth-order valence-corrected chi connectivity index (χ4v) is 3.64. The number of hydrogen-bond donors (Lipinski definition) is 1. The van der Waals surface area contributed by atoms with Crippen molar-refractivity contribution in [1.82, 2.24) is 5.32 Å². The summed E-state index contributed by atoms with van der Waals surface area (Å²) in [6.45, 7) is 9.78. The van der Waals surface area contributed by atoms with Gasteiger partial charge in [-0.15, -0.1) is 0 Å². The van der Waals surface area contributed by atoms with Crippen LogP contribution in [0.5, 0.6) is 0 Å². The van der Waals surface area contributed by atoms with E-state index in [0.717, 1.165) is 28.0 Å². The molecule has 1 aliphatic heterocycles. The van der Waals surface area contributed by atoms with Crippen molar-refractivity contribution in [2.24, 2.45) is 15.9 Å². The van der Waals surface area contributed by atoms with Crippen LogP contribution in [0.1, 0.15) is 51.7 Å². The van der Waals surface area contributed by atoms with Gasteiger partial charge in [-0.2, -0.15) is 0 Å². The van der Waals surface area contributed by atoms with Crippen LogP contribution in [0.4, 0.5) is 4.39 Å². The third-order valence-corrected chi connectivity index (χ3v) is 5.37. The number of amides is 1. The van der Waals surface area contributed by atoms with Crippen LogP contribution in [0.25, 0.3) is 0 Å². The number of allylic oxidation sites excluding steroid dienone is 1. The van der Waals surface area contributed by atoms with E-state index in [1.165, 1.54) is 0 Å². The zero-order chi connectivity index (χ0) is 20.2. The van der Waals surface area contributed by atoms with E-state index < -0.39 is 11.6 Å². The van der Waals surface area contributed by atoms with Crippen molar-refractivity contribution in [2.75, 3.05) is 13.6 Å². The number of nitrogens with zero attached hydrogens (tertiary/aromatic N) is 2. The van der Waals surface area contributed by atoms with E-state index in [1.807, 2.05) is 52.0 Å². The molecule has 0 aliphatic carbocycles. The van der Waals surface area contributed by atoms with Crippen molar-refractivity contribution in [3.63, 3.8) is 0 Å². The molecule has 4 nitrogen and oxygen atoms in total. The van der Waals surface area contributed by atoms with Crippen LogP contribution in [-0.2, 0) is 4.79 Å². The topological polar surface area (TPSA) is 53.8 Å². The van der Waals surface area contributed by atoms with Gasteiger partial charge in [0.25, 0.3) is 0 Å². The Balaban J connectivity index is 2.73. The predicted octanol–water partition coefficient (Wildman–Crippen LogP) is 4.42. The summed E-state index contributed by atoms with van der Waals surface area (Å²) in [6.07, 6.45) is 0.436. The summed E-state index contributed by atoms with van der Waals surface area (Å²) < 4.78 is 15.4. The van der Waals surface area contributed by atoms with Crippen LogP contribution >= 0.6 is 0 Å². The zero-order valence-electron chi connectivity index (χ0n) is 17.2. The lowest BCUT2D eigenvalue weighted by Crippen LogP contribution is -2.48. The summed E-state index contributed by atoms with van der Waals surface area (Å²) in [5, 5.41) is 2.85. The second kappa shape index (κ2) is 8.59. The minimum absolute atomic E-state index is 0.112. The Morgan fingerprint density at radius 3 is 2.56 bits per heavy atom. The van der Waals surface area contributed by atoms with Gasteiger partial charge < -0.3 is 5.32 Å². The largest absolute Gasteiger partial charge is 0.311 e. The summed E-state index contributed by atoms with van der Waals surface area (Å²) in [5.74, 6) is -0.266. The predicted molar refractivity (Wildman–Crippen MR) is 110 cm³/mol. The van der Waals surface area contributed by atoms with Crippen molar-refractivity contribution >= 4 is 17.5 Å². The fourth-order valence-electron chi connectivity index (χ4n) is 3.64. The van der Waals surface area contributed by atoms with E-state index in [4.69, 9.17) is 0 Å². The molecule has 146 valence electrons. The minimum Gasteiger partial charge on any atom is -0.311 e. The van der Waals surface area contributed by atoms with Crippen LogP contribution < -0.4 is 5.32 Å². The normalized spacial score (nSPS) is 23.8. The Hall–Kier alpha value is -2.30. The van der Waals surface area contributed by atoms with Crippen LogP contribution in [0, 0.1) is 12.8 Å². The zero-order valence-corrected chi connectivity index (χ0v) is 17.2. The van der Waals surface area contributed by atoms with Crippen LogP contribution in [0.2, 0.25) is 0 Å². The third kappa shape index (κ3) is 4.34. The molecule has 27 heavy (non-hydrogen) atoms. The van der Waals surface area contributed by atoms with Gasteiger partial charge in [0, 0.05) is 37.1 Å². The lowest BCUT2D eigenvalue weighted by Gasteiger charge is -2.36. The molecule has 1 saturated heterocycles. The maximum atomic E-state index is 15.4. The fraction of sp³-hybridized carbons (Fsp3) is 0.500. The first kappa shape index (κ1) is 21.0. The summed E-state index contributed by atoms with van der Waals surface area (Å²) in [7, 11) is 1.74. The van der Waals surface area contributed by atoms with Gasteiger partial charge in [0.2, 0.25) is 5.91 Å². The molecular weight excluding hydrogens is 341 g/mol. The molecule has 0 radical (unpaired) electrons. The number of hydrogen-bond acceptors (Lipinski definition) is 3. The number of carbonyl (C=O) groups excluding carboxylic acids is 1. The smallest absolute Gasteiger partial charge is 0.226 e. The number of piperidine rings is 1. The van der Waals surface area contributed by atoms with E-state index in [1.54, 1.807) is 14.0 Å². The molecule has 1 aliphatic rings. The molecule has 0 bridgehead atoms. The van der Waals surface area contributed by atoms with Gasteiger partial charge in [0.1, 0.15) is 11.5 Å². The van der Waals surface area contributed by atoms with Gasteiger partial charge in [0.05, 0.1) is 5.71 Å².